The summed E-state index contributed by atoms with van der Waals surface area (Å²) >= 11 is 0. The van der Waals surface area contributed by atoms with Gasteiger partial charge in [0, 0.05) is 50.3 Å². The highest BCUT2D eigenvalue weighted by atomic mass is 19.3. The van der Waals surface area contributed by atoms with Crippen LogP contribution in [0.4, 0.5) is 26.4 Å². The van der Waals surface area contributed by atoms with Gasteiger partial charge in [-0.1, -0.05) is 12.8 Å². The number of rotatable bonds is 5. The van der Waals surface area contributed by atoms with Gasteiger partial charge in [0.1, 0.15) is 11.9 Å². The molecular formula is C22H29F2N7O. The normalized spacial score (nSPS) is 22.4. The van der Waals surface area contributed by atoms with Crippen molar-refractivity contribution in [2.24, 2.45) is 0 Å². The van der Waals surface area contributed by atoms with E-state index in [9.17, 15) is 13.6 Å². The Morgan fingerprint density at radius 3 is 2.72 bits per heavy atom. The summed E-state index contributed by atoms with van der Waals surface area (Å²) in [5.41, 5.74) is 1.84. The molecule has 0 radical (unpaired) electrons. The third kappa shape index (κ3) is 3.91. The van der Waals surface area contributed by atoms with Gasteiger partial charge in [-0.3, -0.25) is 9.89 Å². The predicted molar refractivity (Wildman–Crippen MR) is 117 cm³/mol. The maximum Gasteiger partial charge on any atom is 0.257 e. The number of hydrogen-bond acceptors (Lipinski definition) is 6. The van der Waals surface area contributed by atoms with Crippen LogP contribution in [0.5, 0.6) is 0 Å². The molecule has 1 saturated carbocycles. The molecule has 0 bridgehead atoms. The number of alkyl halides is 2. The maximum atomic E-state index is 14.3. The number of anilines is 3. The molecule has 1 atom stereocenters. The third-order valence-corrected chi connectivity index (χ3v) is 6.82. The topological polar surface area (TPSA) is 90.0 Å². The van der Waals surface area contributed by atoms with E-state index < -0.39 is 18.8 Å². The number of fused-ring (bicyclic) bond motifs is 1. The SMILES string of the molecule is CN(C)C(=O)[C@@H]1CCCN1c1nc2c(c(Nc3cc(C4CCCC4)[nH]n3)n1)CC(F)(F)C2. The molecule has 5 rings (SSSR count). The Morgan fingerprint density at radius 1 is 1.19 bits per heavy atom. The lowest BCUT2D eigenvalue weighted by molar-refractivity contribution is -0.129. The summed E-state index contributed by atoms with van der Waals surface area (Å²) in [6, 6.07) is 1.57. The van der Waals surface area contributed by atoms with Crippen molar-refractivity contribution in [2.75, 3.05) is 30.9 Å². The molecular weight excluding hydrogens is 416 g/mol. The van der Waals surface area contributed by atoms with Crippen LogP contribution in [0.1, 0.15) is 61.4 Å². The Balaban J connectivity index is 1.47. The molecule has 3 heterocycles. The van der Waals surface area contributed by atoms with Gasteiger partial charge in [-0.2, -0.15) is 10.1 Å². The fourth-order valence-corrected chi connectivity index (χ4v) is 5.18. The molecule has 1 aliphatic heterocycles. The molecule has 1 saturated heterocycles. The van der Waals surface area contributed by atoms with Gasteiger partial charge in [-0.05, 0) is 25.7 Å². The smallest absolute Gasteiger partial charge is 0.257 e. The highest BCUT2D eigenvalue weighted by molar-refractivity contribution is 5.85. The Kier molecular flexibility index (Phi) is 5.25. The minimum absolute atomic E-state index is 0.0278. The molecule has 0 unspecified atom stereocenters. The number of carbonyl (C=O) groups excluding carboxylic acids is 1. The summed E-state index contributed by atoms with van der Waals surface area (Å²) < 4.78 is 28.6. The van der Waals surface area contributed by atoms with E-state index in [-0.39, 0.29) is 11.9 Å². The van der Waals surface area contributed by atoms with E-state index in [1.807, 2.05) is 11.0 Å². The average molecular weight is 446 g/mol. The Bertz CT molecular complexity index is 1020. The number of nitrogens with zero attached hydrogens (tertiary/aromatic N) is 5. The summed E-state index contributed by atoms with van der Waals surface area (Å²) in [4.78, 5) is 25.2. The van der Waals surface area contributed by atoms with Crippen LogP contribution in [0.25, 0.3) is 0 Å². The van der Waals surface area contributed by atoms with Crippen LogP contribution in [0.3, 0.4) is 0 Å². The second kappa shape index (κ2) is 7.97. The Labute approximate surface area is 185 Å². The molecule has 2 N–H and O–H groups in total. The molecule has 2 aromatic heterocycles. The van der Waals surface area contributed by atoms with Gasteiger partial charge in [-0.25, -0.2) is 13.8 Å². The molecule has 0 spiro atoms. The standard InChI is InChI=1S/C22H29F2N7O/c1-30(2)20(32)17-8-5-9-31(17)21-25-16-12-22(23,24)11-14(16)19(27-21)26-18-10-15(28-29-18)13-6-3-4-7-13/h10,13,17H,3-9,11-12H2,1-2H3,(H2,25,26,27,28,29)/t17-/m0/s1. The second-order valence-corrected chi connectivity index (χ2v) is 9.41. The molecule has 10 heteroatoms. The lowest BCUT2D eigenvalue weighted by Gasteiger charge is -2.27. The van der Waals surface area contributed by atoms with Crippen LogP contribution < -0.4 is 10.2 Å². The van der Waals surface area contributed by atoms with Crippen molar-refractivity contribution in [2.45, 2.75) is 69.2 Å². The van der Waals surface area contributed by atoms with Crippen LogP contribution in [-0.4, -0.2) is 63.6 Å². The molecule has 2 aliphatic carbocycles. The van der Waals surface area contributed by atoms with Gasteiger partial charge in [0.05, 0.1) is 12.1 Å². The van der Waals surface area contributed by atoms with Crippen LogP contribution >= 0.6 is 0 Å². The fourth-order valence-electron chi connectivity index (χ4n) is 5.18. The summed E-state index contributed by atoms with van der Waals surface area (Å²) in [5.74, 6) is -1.16. The van der Waals surface area contributed by atoms with E-state index in [2.05, 4.69) is 25.5 Å². The lowest BCUT2D eigenvalue weighted by Crippen LogP contribution is -2.43. The molecule has 172 valence electrons. The lowest BCUT2D eigenvalue weighted by atomic mass is 10.0. The Morgan fingerprint density at radius 2 is 1.97 bits per heavy atom. The maximum absolute atomic E-state index is 14.3. The fraction of sp³-hybridized carbons (Fsp3) is 0.636. The number of amides is 1. The van der Waals surface area contributed by atoms with E-state index in [1.54, 1.807) is 19.0 Å². The van der Waals surface area contributed by atoms with Crippen molar-refractivity contribution in [3.05, 3.63) is 23.0 Å². The van der Waals surface area contributed by atoms with Crippen LogP contribution in [-0.2, 0) is 17.6 Å². The summed E-state index contributed by atoms with van der Waals surface area (Å²) in [5, 5.41) is 10.6. The van der Waals surface area contributed by atoms with Crippen LogP contribution in [0.15, 0.2) is 6.07 Å². The molecule has 8 nitrogen and oxygen atoms in total. The molecule has 0 aromatic carbocycles. The molecule has 1 amide bonds. The van der Waals surface area contributed by atoms with Crippen LogP contribution in [0, 0.1) is 0 Å². The van der Waals surface area contributed by atoms with E-state index in [0.717, 1.165) is 25.0 Å². The highest BCUT2D eigenvalue weighted by Crippen LogP contribution is 2.40. The summed E-state index contributed by atoms with van der Waals surface area (Å²) in [7, 11) is 3.44. The molecule has 32 heavy (non-hydrogen) atoms. The number of halogens is 2. The monoisotopic (exact) mass is 445 g/mol. The van der Waals surface area contributed by atoms with Gasteiger partial charge in [0.25, 0.3) is 5.92 Å². The van der Waals surface area contributed by atoms with E-state index in [4.69, 9.17) is 0 Å². The highest BCUT2D eigenvalue weighted by Gasteiger charge is 2.42. The Hall–Kier alpha value is -2.78. The van der Waals surface area contributed by atoms with Gasteiger partial charge < -0.3 is 15.1 Å². The van der Waals surface area contributed by atoms with Crippen molar-refractivity contribution in [1.82, 2.24) is 25.1 Å². The van der Waals surface area contributed by atoms with Crippen molar-refractivity contribution in [1.29, 1.82) is 0 Å². The first-order valence-corrected chi connectivity index (χ1v) is 11.4. The van der Waals surface area contributed by atoms with E-state index in [1.165, 1.54) is 12.8 Å². The first-order chi connectivity index (χ1) is 15.3. The minimum Gasteiger partial charge on any atom is -0.347 e. The van der Waals surface area contributed by atoms with Crippen LogP contribution in [0.2, 0.25) is 0 Å². The van der Waals surface area contributed by atoms with Crippen molar-refractivity contribution in [3.63, 3.8) is 0 Å². The zero-order chi connectivity index (χ0) is 22.5. The molecule has 3 aliphatic rings. The number of likely N-dealkylation sites (N-methyl/N-ethyl adjacent to an activating group) is 1. The zero-order valence-electron chi connectivity index (χ0n) is 18.5. The van der Waals surface area contributed by atoms with E-state index in [0.29, 0.717) is 47.7 Å². The van der Waals surface area contributed by atoms with E-state index >= 15 is 0 Å². The molecule has 2 aromatic rings. The second-order valence-electron chi connectivity index (χ2n) is 9.41. The number of hydrogen-bond donors (Lipinski definition) is 2. The number of aromatic amines is 1. The first kappa shape index (κ1) is 21.1. The quantitative estimate of drug-likeness (QED) is 0.733. The van der Waals surface area contributed by atoms with Crippen molar-refractivity contribution in [3.8, 4) is 0 Å². The van der Waals surface area contributed by atoms with Gasteiger partial charge in [0.2, 0.25) is 11.9 Å². The third-order valence-electron chi connectivity index (χ3n) is 6.82. The predicted octanol–water partition coefficient (Wildman–Crippen LogP) is 3.39. The number of carbonyl (C=O) groups is 1. The number of nitrogens with one attached hydrogen (secondary N) is 2. The number of aromatic nitrogens is 4. The van der Waals surface area contributed by atoms with Crippen molar-refractivity contribution < 1.29 is 13.6 Å². The first-order valence-electron chi connectivity index (χ1n) is 11.4. The minimum atomic E-state index is -2.85. The summed E-state index contributed by atoms with van der Waals surface area (Å²) in [6.45, 7) is 0.618. The van der Waals surface area contributed by atoms with Gasteiger partial charge in [0.15, 0.2) is 5.82 Å². The average Bonchev–Trinajstić information content (AvgIpc) is 3.52. The van der Waals surface area contributed by atoms with Crippen molar-refractivity contribution >= 4 is 23.5 Å². The summed E-state index contributed by atoms with van der Waals surface area (Å²) in [6.07, 6.45) is 5.41. The van der Waals surface area contributed by atoms with Gasteiger partial charge in [-0.15, -0.1) is 0 Å². The number of H-pyrrole nitrogens is 1. The molecule has 2 fully saturated rings. The van der Waals surface area contributed by atoms with Gasteiger partial charge >= 0.3 is 0 Å². The largest absolute Gasteiger partial charge is 0.347 e. The zero-order valence-corrected chi connectivity index (χ0v) is 18.5.